The van der Waals surface area contributed by atoms with Gasteiger partial charge in [-0.1, -0.05) is 13.3 Å². The molecule has 0 unspecified atom stereocenters. The fourth-order valence-corrected chi connectivity index (χ4v) is 1.77. The predicted molar refractivity (Wildman–Crippen MR) is 85.2 cm³/mol. The van der Waals surface area contributed by atoms with Gasteiger partial charge in [-0.05, 0) is 38.7 Å². The Bertz CT molecular complexity index is 447. The Morgan fingerprint density at radius 1 is 1.33 bits per heavy atom. The minimum absolute atomic E-state index is 0.324. The van der Waals surface area contributed by atoms with Gasteiger partial charge in [0.1, 0.15) is 12.4 Å². The molecular weight excluding hydrogens is 268 g/mol. The van der Waals surface area contributed by atoms with E-state index in [4.69, 9.17) is 9.47 Å². The fraction of sp³-hybridized carbons (Fsp3) is 0.562. The number of carbonyl (C=O) groups is 1. The third-order valence-corrected chi connectivity index (χ3v) is 3.05. The normalized spacial score (nSPS) is 10.5. The largest absolute Gasteiger partial charge is 0.495 e. The molecule has 0 radical (unpaired) electrons. The Morgan fingerprint density at radius 2 is 2.10 bits per heavy atom. The van der Waals surface area contributed by atoms with Crippen molar-refractivity contribution in [3.8, 4) is 5.75 Å². The molecule has 0 atom stereocenters. The number of nitrogens with zero attached hydrogens (tertiary/aromatic N) is 1. The van der Waals surface area contributed by atoms with Gasteiger partial charge >= 0.3 is 5.97 Å². The zero-order chi connectivity index (χ0) is 15.7. The van der Waals surface area contributed by atoms with Crippen molar-refractivity contribution in [2.24, 2.45) is 0 Å². The Balaban J connectivity index is 2.65. The van der Waals surface area contributed by atoms with Crippen LogP contribution < -0.4 is 10.1 Å². The molecule has 0 aromatic heterocycles. The lowest BCUT2D eigenvalue weighted by atomic mass is 10.2. The molecule has 1 aromatic carbocycles. The van der Waals surface area contributed by atoms with Crippen LogP contribution in [0, 0.1) is 0 Å². The van der Waals surface area contributed by atoms with Crippen molar-refractivity contribution in [1.82, 2.24) is 4.90 Å². The summed E-state index contributed by atoms with van der Waals surface area (Å²) in [4.78, 5) is 13.9. The van der Waals surface area contributed by atoms with Crippen molar-refractivity contribution >= 4 is 11.7 Å². The van der Waals surface area contributed by atoms with E-state index in [1.807, 2.05) is 25.1 Å². The molecule has 0 fully saturated rings. The van der Waals surface area contributed by atoms with Gasteiger partial charge in [-0.25, -0.2) is 4.79 Å². The maximum Gasteiger partial charge on any atom is 0.338 e. The number of benzene rings is 1. The second-order valence-electron chi connectivity index (χ2n) is 5.13. The molecule has 0 aliphatic rings. The van der Waals surface area contributed by atoms with Crippen LogP contribution in [0.15, 0.2) is 18.2 Å². The number of hydrogen-bond donors (Lipinski definition) is 1. The highest BCUT2D eigenvalue weighted by molar-refractivity contribution is 5.90. The molecule has 118 valence electrons. The highest BCUT2D eigenvalue weighted by Gasteiger charge is 2.11. The highest BCUT2D eigenvalue weighted by Crippen LogP contribution is 2.26. The number of ether oxygens (including phenoxy) is 2. The monoisotopic (exact) mass is 294 g/mol. The first-order valence-electron chi connectivity index (χ1n) is 7.32. The molecular formula is C16H26N2O3. The lowest BCUT2D eigenvalue weighted by molar-refractivity contribution is 0.0481. The number of likely N-dealkylation sites (N-methyl/N-ethyl adjacent to an activating group) is 1. The summed E-state index contributed by atoms with van der Waals surface area (Å²) in [5.74, 6) is 0.337. The van der Waals surface area contributed by atoms with Crippen molar-refractivity contribution in [3.63, 3.8) is 0 Å². The Morgan fingerprint density at radius 3 is 2.71 bits per heavy atom. The summed E-state index contributed by atoms with van der Waals surface area (Å²) in [5.41, 5.74) is 1.41. The number of methoxy groups -OCH3 is 1. The first-order chi connectivity index (χ1) is 10.1. The predicted octanol–water partition coefficient (Wildman–Crippen LogP) is 2.63. The second-order valence-corrected chi connectivity index (χ2v) is 5.13. The van der Waals surface area contributed by atoms with Crippen LogP contribution in [0.2, 0.25) is 0 Å². The first kappa shape index (κ1) is 17.3. The summed E-state index contributed by atoms with van der Waals surface area (Å²) in [7, 11) is 5.47. The Kier molecular flexibility index (Phi) is 7.61. The molecule has 0 aliphatic heterocycles. The first-order valence-corrected chi connectivity index (χ1v) is 7.32. The fourth-order valence-electron chi connectivity index (χ4n) is 1.77. The molecule has 5 nitrogen and oxygen atoms in total. The zero-order valence-corrected chi connectivity index (χ0v) is 13.4. The van der Waals surface area contributed by atoms with Crippen LogP contribution in [0.25, 0.3) is 0 Å². The van der Waals surface area contributed by atoms with E-state index in [-0.39, 0.29) is 5.97 Å². The smallest absolute Gasteiger partial charge is 0.338 e. The van der Waals surface area contributed by atoms with Crippen molar-refractivity contribution < 1.29 is 14.3 Å². The summed E-state index contributed by atoms with van der Waals surface area (Å²) in [6, 6.07) is 5.33. The quantitative estimate of drug-likeness (QED) is 0.560. The lowest BCUT2D eigenvalue weighted by Crippen LogP contribution is -2.20. The number of anilines is 1. The summed E-state index contributed by atoms with van der Waals surface area (Å²) in [6.45, 7) is 4.12. The molecule has 5 heteroatoms. The highest BCUT2D eigenvalue weighted by atomic mass is 16.5. The van der Waals surface area contributed by atoms with Crippen LogP contribution in [0.1, 0.15) is 30.1 Å². The number of unbranched alkanes of at least 4 members (excludes halogenated alkanes) is 1. The van der Waals surface area contributed by atoms with Crippen molar-refractivity contribution in [3.05, 3.63) is 23.8 Å². The van der Waals surface area contributed by atoms with Crippen LogP contribution in [0.3, 0.4) is 0 Å². The van der Waals surface area contributed by atoms with Gasteiger partial charge in [-0.15, -0.1) is 0 Å². The van der Waals surface area contributed by atoms with Gasteiger partial charge in [0.05, 0.1) is 18.4 Å². The van der Waals surface area contributed by atoms with Crippen LogP contribution in [0.5, 0.6) is 5.75 Å². The SMILES string of the molecule is CCCCNc1ccc(C(=O)OCCN(C)C)cc1OC. The van der Waals surface area contributed by atoms with E-state index in [9.17, 15) is 4.79 Å². The van der Waals surface area contributed by atoms with Crippen molar-refractivity contribution in [2.75, 3.05) is 46.2 Å². The second kappa shape index (κ2) is 9.23. The van der Waals surface area contributed by atoms with E-state index in [2.05, 4.69) is 12.2 Å². The van der Waals surface area contributed by atoms with Crippen LogP contribution >= 0.6 is 0 Å². The molecule has 1 rings (SSSR count). The van der Waals surface area contributed by atoms with E-state index in [1.54, 1.807) is 19.2 Å². The van der Waals surface area contributed by atoms with E-state index in [1.165, 1.54) is 0 Å². The van der Waals surface area contributed by atoms with E-state index in [0.29, 0.717) is 24.5 Å². The van der Waals surface area contributed by atoms with Gasteiger partial charge in [0, 0.05) is 13.1 Å². The van der Waals surface area contributed by atoms with Gasteiger partial charge in [-0.2, -0.15) is 0 Å². The molecule has 1 aromatic rings. The standard InChI is InChI=1S/C16H26N2O3/c1-5-6-9-17-14-8-7-13(12-15(14)20-4)16(19)21-11-10-18(2)3/h7-8,12,17H,5-6,9-11H2,1-4H3. The summed E-state index contributed by atoms with van der Waals surface area (Å²) in [6.07, 6.45) is 2.23. The van der Waals surface area contributed by atoms with Crippen LogP contribution in [-0.2, 0) is 4.74 Å². The van der Waals surface area contributed by atoms with E-state index >= 15 is 0 Å². The Labute approximate surface area is 127 Å². The number of rotatable bonds is 9. The third kappa shape index (κ3) is 6.04. The van der Waals surface area contributed by atoms with Gasteiger partial charge in [0.25, 0.3) is 0 Å². The van der Waals surface area contributed by atoms with E-state index in [0.717, 1.165) is 25.1 Å². The maximum atomic E-state index is 11.9. The molecule has 21 heavy (non-hydrogen) atoms. The van der Waals surface area contributed by atoms with E-state index < -0.39 is 0 Å². The third-order valence-electron chi connectivity index (χ3n) is 3.05. The van der Waals surface area contributed by atoms with Crippen molar-refractivity contribution in [2.45, 2.75) is 19.8 Å². The van der Waals surface area contributed by atoms with Gasteiger partial charge < -0.3 is 19.7 Å². The molecule has 0 aliphatic carbocycles. The average Bonchev–Trinajstić information content (AvgIpc) is 2.47. The molecule has 0 heterocycles. The summed E-state index contributed by atoms with van der Waals surface area (Å²) >= 11 is 0. The number of esters is 1. The molecule has 0 amide bonds. The molecule has 0 saturated heterocycles. The summed E-state index contributed by atoms with van der Waals surface area (Å²) < 4.78 is 10.6. The van der Waals surface area contributed by atoms with Gasteiger partial charge in [-0.3, -0.25) is 0 Å². The number of nitrogens with one attached hydrogen (secondary N) is 1. The molecule has 1 N–H and O–H groups in total. The van der Waals surface area contributed by atoms with Crippen LogP contribution in [-0.4, -0.2) is 51.8 Å². The van der Waals surface area contributed by atoms with Crippen molar-refractivity contribution in [1.29, 1.82) is 0 Å². The van der Waals surface area contributed by atoms with Gasteiger partial charge in [0.15, 0.2) is 0 Å². The molecule has 0 saturated carbocycles. The lowest BCUT2D eigenvalue weighted by Gasteiger charge is -2.13. The zero-order valence-electron chi connectivity index (χ0n) is 13.4. The number of carbonyl (C=O) groups excluding carboxylic acids is 1. The summed E-state index contributed by atoms with van der Waals surface area (Å²) in [5, 5.41) is 3.31. The minimum Gasteiger partial charge on any atom is -0.495 e. The maximum absolute atomic E-state index is 11.9. The Hall–Kier alpha value is -1.75. The minimum atomic E-state index is -0.324. The number of hydrogen-bond acceptors (Lipinski definition) is 5. The van der Waals surface area contributed by atoms with Gasteiger partial charge in [0.2, 0.25) is 0 Å². The molecule has 0 bridgehead atoms. The molecule has 0 spiro atoms. The topological polar surface area (TPSA) is 50.8 Å². The average molecular weight is 294 g/mol. The van der Waals surface area contributed by atoms with Crippen LogP contribution in [0.4, 0.5) is 5.69 Å².